The molecule has 1 saturated heterocycles. The summed E-state index contributed by atoms with van der Waals surface area (Å²) in [5.74, 6) is 2.79. The van der Waals surface area contributed by atoms with E-state index in [1.54, 1.807) is 19.2 Å². The van der Waals surface area contributed by atoms with Crippen molar-refractivity contribution in [3.05, 3.63) is 22.7 Å². The van der Waals surface area contributed by atoms with Crippen LogP contribution in [0.3, 0.4) is 0 Å². The number of methoxy groups -OCH3 is 1. The van der Waals surface area contributed by atoms with Crippen molar-refractivity contribution in [2.75, 3.05) is 32.5 Å². The molecule has 150 valence electrons. The second-order valence-electron chi connectivity index (χ2n) is 8.47. The molecule has 0 amide bonds. The minimum Gasteiger partial charge on any atom is -0.496 e. The standard InChI is InChI=1S/C22H33ClN2O2/c1-15-5-3-4-6-17(15)14-25-9-7-16(8-10-25)11-21(26)18-12-19(23)20(24)13-22(18)27-2/h12-13,15-17H,3-11,14,24H2,1-2H3. The lowest BCUT2D eigenvalue weighted by Gasteiger charge is -2.37. The Balaban J connectivity index is 1.52. The summed E-state index contributed by atoms with van der Waals surface area (Å²) in [4.78, 5) is 15.4. The number of ketones is 1. The monoisotopic (exact) mass is 392 g/mol. The zero-order chi connectivity index (χ0) is 19.4. The number of ether oxygens (including phenoxy) is 1. The first-order valence-electron chi connectivity index (χ1n) is 10.4. The van der Waals surface area contributed by atoms with Crippen LogP contribution in [0.25, 0.3) is 0 Å². The lowest BCUT2D eigenvalue weighted by Crippen LogP contribution is -2.39. The predicted octanol–water partition coefficient (Wildman–Crippen LogP) is 5.04. The lowest BCUT2D eigenvalue weighted by molar-refractivity contribution is 0.0894. The van der Waals surface area contributed by atoms with Crippen LogP contribution in [0.15, 0.2) is 12.1 Å². The van der Waals surface area contributed by atoms with Crippen LogP contribution < -0.4 is 10.5 Å². The van der Waals surface area contributed by atoms with Gasteiger partial charge in [-0.05, 0) is 56.2 Å². The van der Waals surface area contributed by atoms with Crippen molar-refractivity contribution < 1.29 is 9.53 Å². The van der Waals surface area contributed by atoms with Gasteiger partial charge >= 0.3 is 0 Å². The average Bonchev–Trinajstić information content (AvgIpc) is 2.67. The van der Waals surface area contributed by atoms with Gasteiger partial charge in [0.25, 0.3) is 0 Å². The number of likely N-dealkylation sites (tertiary alicyclic amines) is 1. The Kier molecular flexibility index (Phi) is 7.04. The number of hydrogen-bond acceptors (Lipinski definition) is 4. The number of anilines is 1. The Morgan fingerprint density at radius 1 is 1.22 bits per heavy atom. The number of nitrogens with two attached hydrogens (primary N) is 1. The first-order valence-corrected chi connectivity index (χ1v) is 10.7. The van der Waals surface area contributed by atoms with Gasteiger partial charge in [0, 0.05) is 19.0 Å². The summed E-state index contributed by atoms with van der Waals surface area (Å²) in [6.07, 6.45) is 8.32. The fraction of sp³-hybridized carbons (Fsp3) is 0.682. The second kappa shape index (κ2) is 9.29. The number of halogens is 1. The number of hydrogen-bond donors (Lipinski definition) is 1. The molecule has 1 saturated carbocycles. The van der Waals surface area contributed by atoms with Gasteiger partial charge in [0.15, 0.2) is 5.78 Å². The molecule has 3 rings (SSSR count). The van der Waals surface area contributed by atoms with Crippen LogP contribution >= 0.6 is 11.6 Å². The van der Waals surface area contributed by atoms with Gasteiger partial charge < -0.3 is 15.4 Å². The molecule has 0 aromatic heterocycles. The Labute approximate surface area is 168 Å². The number of carbonyl (C=O) groups is 1. The second-order valence-corrected chi connectivity index (χ2v) is 8.87. The summed E-state index contributed by atoms with van der Waals surface area (Å²) in [7, 11) is 1.56. The molecule has 1 heterocycles. The molecule has 4 nitrogen and oxygen atoms in total. The number of nitrogens with zero attached hydrogens (tertiary/aromatic N) is 1. The van der Waals surface area contributed by atoms with Crippen molar-refractivity contribution >= 4 is 23.1 Å². The number of piperidine rings is 1. The average molecular weight is 393 g/mol. The van der Waals surface area contributed by atoms with Crippen LogP contribution in [0.4, 0.5) is 5.69 Å². The zero-order valence-corrected chi connectivity index (χ0v) is 17.4. The molecule has 0 radical (unpaired) electrons. The van der Waals surface area contributed by atoms with Crippen molar-refractivity contribution in [3.8, 4) is 5.75 Å². The normalized spacial score (nSPS) is 24.7. The molecule has 27 heavy (non-hydrogen) atoms. The van der Waals surface area contributed by atoms with E-state index in [0.29, 0.717) is 34.4 Å². The number of benzene rings is 1. The summed E-state index contributed by atoms with van der Waals surface area (Å²) in [6, 6.07) is 3.29. The molecule has 2 fully saturated rings. The third-order valence-electron chi connectivity index (χ3n) is 6.58. The SMILES string of the molecule is COc1cc(N)c(Cl)cc1C(=O)CC1CCN(CC2CCCCC2C)CC1. The number of Topliss-reactive ketones (excluding diaryl/α,β-unsaturated/α-hetero) is 1. The Morgan fingerprint density at radius 2 is 1.93 bits per heavy atom. The van der Waals surface area contributed by atoms with Crippen LogP contribution in [-0.2, 0) is 0 Å². The third kappa shape index (κ3) is 5.17. The molecule has 1 aliphatic heterocycles. The highest BCUT2D eigenvalue weighted by atomic mass is 35.5. The molecule has 2 unspecified atom stereocenters. The maximum Gasteiger partial charge on any atom is 0.166 e. The third-order valence-corrected chi connectivity index (χ3v) is 6.91. The van der Waals surface area contributed by atoms with Gasteiger partial charge in [-0.15, -0.1) is 0 Å². The Hall–Kier alpha value is -1.26. The number of rotatable bonds is 6. The fourth-order valence-electron chi connectivity index (χ4n) is 4.70. The van der Waals surface area contributed by atoms with E-state index in [0.717, 1.165) is 37.8 Å². The first-order chi connectivity index (χ1) is 13.0. The van der Waals surface area contributed by atoms with E-state index >= 15 is 0 Å². The quantitative estimate of drug-likeness (QED) is 0.544. The van der Waals surface area contributed by atoms with E-state index in [9.17, 15) is 4.79 Å². The molecule has 0 spiro atoms. The van der Waals surface area contributed by atoms with Crippen LogP contribution in [0.2, 0.25) is 5.02 Å². The highest BCUT2D eigenvalue weighted by Crippen LogP contribution is 2.33. The van der Waals surface area contributed by atoms with Gasteiger partial charge in [-0.25, -0.2) is 0 Å². The van der Waals surface area contributed by atoms with Gasteiger partial charge in [0.1, 0.15) is 5.75 Å². The van der Waals surface area contributed by atoms with Gasteiger partial charge in [-0.3, -0.25) is 4.79 Å². The van der Waals surface area contributed by atoms with E-state index in [1.807, 2.05) is 0 Å². The summed E-state index contributed by atoms with van der Waals surface area (Å²) >= 11 is 6.11. The van der Waals surface area contributed by atoms with Crippen molar-refractivity contribution in [3.63, 3.8) is 0 Å². The molecule has 1 aliphatic carbocycles. The maximum atomic E-state index is 12.8. The van der Waals surface area contributed by atoms with E-state index in [1.165, 1.54) is 32.2 Å². The van der Waals surface area contributed by atoms with E-state index in [-0.39, 0.29) is 5.78 Å². The van der Waals surface area contributed by atoms with Gasteiger partial charge in [-0.1, -0.05) is 37.8 Å². The van der Waals surface area contributed by atoms with E-state index < -0.39 is 0 Å². The minimum atomic E-state index is 0.105. The van der Waals surface area contributed by atoms with Crippen LogP contribution in [0.1, 0.15) is 62.2 Å². The molecule has 2 aliphatic rings. The molecule has 0 bridgehead atoms. The number of nitrogen functional groups attached to an aromatic ring is 1. The minimum absolute atomic E-state index is 0.105. The van der Waals surface area contributed by atoms with Gasteiger partial charge in [0.2, 0.25) is 0 Å². The van der Waals surface area contributed by atoms with Crippen LogP contribution in [-0.4, -0.2) is 37.4 Å². The number of carbonyl (C=O) groups excluding carboxylic acids is 1. The molecule has 5 heteroatoms. The van der Waals surface area contributed by atoms with Gasteiger partial charge in [-0.2, -0.15) is 0 Å². The summed E-state index contributed by atoms with van der Waals surface area (Å²) in [6.45, 7) is 5.88. The highest BCUT2D eigenvalue weighted by molar-refractivity contribution is 6.33. The maximum absolute atomic E-state index is 12.8. The lowest BCUT2D eigenvalue weighted by atomic mass is 9.79. The first kappa shape index (κ1) is 20.5. The van der Waals surface area contributed by atoms with Crippen molar-refractivity contribution in [2.24, 2.45) is 17.8 Å². The molecule has 1 aromatic carbocycles. The van der Waals surface area contributed by atoms with Crippen LogP contribution in [0.5, 0.6) is 5.75 Å². The van der Waals surface area contributed by atoms with Gasteiger partial charge in [0.05, 0.1) is 23.4 Å². The highest BCUT2D eigenvalue weighted by Gasteiger charge is 2.27. The Morgan fingerprint density at radius 3 is 2.59 bits per heavy atom. The molecule has 2 atom stereocenters. The predicted molar refractivity (Wildman–Crippen MR) is 112 cm³/mol. The molecule has 1 aromatic rings. The summed E-state index contributed by atoms with van der Waals surface area (Å²) in [5, 5.41) is 0.413. The van der Waals surface area contributed by atoms with E-state index in [4.69, 9.17) is 22.1 Å². The Bertz CT molecular complexity index is 656. The van der Waals surface area contributed by atoms with Crippen molar-refractivity contribution in [1.82, 2.24) is 4.90 Å². The molecular weight excluding hydrogens is 360 g/mol. The van der Waals surface area contributed by atoms with E-state index in [2.05, 4.69) is 11.8 Å². The topological polar surface area (TPSA) is 55.6 Å². The fourth-order valence-corrected chi connectivity index (χ4v) is 4.86. The molecular formula is C22H33ClN2O2. The van der Waals surface area contributed by atoms with Crippen LogP contribution in [0, 0.1) is 17.8 Å². The molecule has 2 N–H and O–H groups in total. The smallest absolute Gasteiger partial charge is 0.166 e. The summed E-state index contributed by atoms with van der Waals surface area (Å²) < 4.78 is 5.34. The largest absolute Gasteiger partial charge is 0.496 e. The summed E-state index contributed by atoms with van der Waals surface area (Å²) in [5.41, 5.74) is 6.81. The van der Waals surface area contributed by atoms with Crippen molar-refractivity contribution in [1.29, 1.82) is 0 Å². The van der Waals surface area contributed by atoms with Crippen molar-refractivity contribution in [2.45, 2.75) is 51.9 Å². The zero-order valence-electron chi connectivity index (χ0n) is 16.7.